The lowest BCUT2D eigenvalue weighted by Crippen LogP contribution is -2.33. The second-order valence-electron chi connectivity index (χ2n) is 7.38. The van der Waals surface area contributed by atoms with Crippen LogP contribution in [0.2, 0.25) is 0 Å². The van der Waals surface area contributed by atoms with Crippen molar-refractivity contribution in [2.24, 2.45) is 11.8 Å². The number of nitrogens with zero attached hydrogens (tertiary/aromatic N) is 4. The van der Waals surface area contributed by atoms with Gasteiger partial charge in [0.15, 0.2) is 0 Å². The minimum Gasteiger partial charge on any atom is -0.497 e. The Morgan fingerprint density at radius 3 is 2.59 bits per heavy atom. The first-order valence-electron chi connectivity index (χ1n) is 9.26. The third-order valence-electron chi connectivity index (χ3n) is 5.84. The van der Waals surface area contributed by atoms with E-state index in [-0.39, 0.29) is 18.3 Å². The summed E-state index contributed by atoms with van der Waals surface area (Å²) in [7, 11) is 3.87. The maximum Gasteiger partial charge on any atom is 0.257 e. The number of halogens is 1. The van der Waals surface area contributed by atoms with E-state index >= 15 is 0 Å². The van der Waals surface area contributed by atoms with E-state index in [0.29, 0.717) is 23.4 Å². The number of benzene rings is 1. The highest BCUT2D eigenvalue weighted by Crippen LogP contribution is 2.44. The van der Waals surface area contributed by atoms with Crippen LogP contribution in [0.15, 0.2) is 36.7 Å². The van der Waals surface area contributed by atoms with Crippen molar-refractivity contribution in [1.29, 1.82) is 0 Å². The molecule has 0 N–H and O–H groups in total. The van der Waals surface area contributed by atoms with Gasteiger partial charge in [0.25, 0.3) is 5.91 Å². The summed E-state index contributed by atoms with van der Waals surface area (Å²) in [5.41, 5.74) is 2.00. The van der Waals surface area contributed by atoms with Gasteiger partial charge in [0.1, 0.15) is 5.75 Å². The number of ether oxygens (including phenoxy) is 1. The molecule has 2 aromatic rings. The highest BCUT2D eigenvalue weighted by Gasteiger charge is 2.47. The largest absolute Gasteiger partial charge is 0.497 e. The molecule has 2 fully saturated rings. The zero-order valence-corrected chi connectivity index (χ0v) is 16.9. The Balaban J connectivity index is 0.00000210. The fraction of sp³-hybridized carbons (Fsp3) is 0.500. The molecular weight excluding hydrogens is 364 g/mol. The molecule has 3 heterocycles. The monoisotopic (exact) mass is 390 g/mol. The summed E-state index contributed by atoms with van der Waals surface area (Å²) in [4.78, 5) is 17.3. The minimum atomic E-state index is 0. The van der Waals surface area contributed by atoms with E-state index < -0.39 is 0 Å². The molecule has 0 unspecified atom stereocenters. The standard InChI is InChI=1S/C20H26N4O2.ClH/c1-4-24-12-15(9-21-24)20(25)23-11-16-10-22(2)19(18(16)13-23)14-5-7-17(26-3)8-6-14;/h5-9,12,16,18-19H,4,10-11,13H2,1-3H3;1H/t16-,18+,19-;/m0./s1. The van der Waals surface area contributed by atoms with E-state index in [1.54, 1.807) is 18.0 Å². The molecule has 146 valence electrons. The highest BCUT2D eigenvalue weighted by atomic mass is 35.5. The number of aromatic nitrogens is 2. The Kier molecular flexibility index (Phi) is 5.77. The smallest absolute Gasteiger partial charge is 0.257 e. The number of aryl methyl sites for hydroxylation is 1. The molecule has 3 atom stereocenters. The van der Waals surface area contributed by atoms with E-state index in [4.69, 9.17) is 4.74 Å². The third kappa shape index (κ3) is 3.56. The van der Waals surface area contributed by atoms with Crippen molar-refractivity contribution in [3.63, 3.8) is 0 Å². The maximum absolute atomic E-state index is 12.9. The van der Waals surface area contributed by atoms with Gasteiger partial charge in [0.2, 0.25) is 0 Å². The Morgan fingerprint density at radius 2 is 1.96 bits per heavy atom. The summed E-state index contributed by atoms with van der Waals surface area (Å²) in [5, 5.41) is 4.24. The van der Waals surface area contributed by atoms with E-state index in [2.05, 4.69) is 29.2 Å². The summed E-state index contributed by atoms with van der Waals surface area (Å²) in [6.45, 7) is 5.47. The van der Waals surface area contributed by atoms with Gasteiger partial charge in [0.05, 0.1) is 18.9 Å². The van der Waals surface area contributed by atoms with E-state index in [1.165, 1.54) is 5.56 Å². The number of carbonyl (C=O) groups excluding carboxylic acids is 1. The first-order valence-corrected chi connectivity index (χ1v) is 9.26. The van der Waals surface area contributed by atoms with E-state index in [1.807, 2.05) is 30.2 Å². The predicted molar refractivity (Wildman–Crippen MR) is 106 cm³/mol. The second kappa shape index (κ2) is 7.90. The summed E-state index contributed by atoms with van der Waals surface area (Å²) in [6, 6.07) is 8.69. The van der Waals surface area contributed by atoms with Gasteiger partial charge in [-0.05, 0) is 37.6 Å². The second-order valence-corrected chi connectivity index (χ2v) is 7.38. The van der Waals surface area contributed by atoms with Crippen LogP contribution >= 0.6 is 12.4 Å². The number of amides is 1. The van der Waals surface area contributed by atoms with Crippen LogP contribution in [0, 0.1) is 11.8 Å². The number of hydrogen-bond acceptors (Lipinski definition) is 4. The first-order chi connectivity index (χ1) is 12.6. The van der Waals surface area contributed by atoms with Crippen molar-refractivity contribution in [3.8, 4) is 5.75 Å². The Bertz CT molecular complexity index is 792. The molecule has 1 amide bonds. The lowest BCUT2D eigenvalue weighted by Gasteiger charge is -2.27. The van der Waals surface area contributed by atoms with Crippen molar-refractivity contribution in [3.05, 3.63) is 47.8 Å². The Labute approximate surface area is 166 Å². The average molecular weight is 391 g/mol. The van der Waals surface area contributed by atoms with Crippen LogP contribution in [-0.2, 0) is 6.54 Å². The minimum absolute atomic E-state index is 0. The molecule has 1 aromatic carbocycles. The SMILES string of the molecule is CCn1cc(C(=O)N2C[C@@H]3CN(C)[C@@H](c4ccc(OC)cc4)[C@@H]3C2)cn1.Cl. The summed E-state index contributed by atoms with van der Waals surface area (Å²) < 4.78 is 7.08. The lowest BCUT2D eigenvalue weighted by atomic mass is 9.89. The lowest BCUT2D eigenvalue weighted by molar-refractivity contribution is 0.0767. The van der Waals surface area contributed by atoms with Crippen molar-refractivity contribution in [2.75, 3.05) is 33.8 Å². The molecule has 0 spiro atoms. The van der Waals surface area contributed by atoms with Gasteiger partial charge < -0.3 is 9.64 Å². The molecule has 2 aliphatic heterocycles. The van der Waals surface area contributed by atoms with Gasteiger partial charge in [-0.15, -0.1) is 12.4 Å². The Hall–Kier alpha value is -2.05. The maximum atomic E-state index is 12.9. The molecule has 0 saturated carbocycles. The number of carbonyl (C=O) groups is 1. The third-order valence-corrected chi connectivity index (χ3v) is 5.84. The molecule has 2 aliphatic rings. The topological polar surface area (TPSA) is 50.6 Å². The number of methoxy groups -OCH3 is 1. The van der Waals surface area contributed by atoms with Gasteiger partial charge in [-0.1, -0.05) is 12.1 Å². The quantitative estimate of drug-likeness (QED) is 0.805. The molecule has 4 rings (SSSR count). The van der Waals surface area contributed by atoms with Crippen molar-refractivity contribution >= 4 is 18.3 Å². The number of rotatable bonds is 4. The van der Waals surface area contributed by atoms with Crippen LogP contribution in [-0.4, -0.2) is 59.3 Å². The normalized spacial score (nSPS) is 24.6. The van der Waals surface area contributed by atoms with Gasteiger partial charge in [-0.3, -0.25) is 14.4 Å². The van der Waals surface area contributed by atoms with Crippen molar-refractivity contribution < 1.29 is 9.53 Å². The van der Waals surface area contributed by atoms with Crippen LogP contribution in [0.3, 0.4) is 0 Å². The van der Waals surface area contributed by atoms with Crippen LogP contribution < -0.4 is 4.74 Å². The van der Waals surface area contributed by atoms with Gasteiger partial charge in [0, 0.05) is 44.3 Å². The fourth-order valence-electron chi connectivity index (χ4n) is 4.56. The van der Waals surface area contributed by atoms with Crippen molar-refractivity contribution in [1.82, 2.24) is 19.6 Å². The summed E-state index contributed by atoms with van der Waals surface area (Å²) in [6.07, 6.45) is 3.54. The molecular formula is C20H27ClN4O2. The predicted octanol–water partition coefficient (Wildman–Crippen LogP) is 2.71. The molecule has 6 nitrogen and oxygen atoms in total. The molecule has 0 radical (unpaired) electrons. The first kappa shape index (κ1) is 19.7. The number of likely N-dealkylation sites (tertiary alicyclic amines) is 2. The summed E-state index contributed by atoms with van der Waals surface area (Å²) >= 11 is 0. The zero-order chi connectivity index (χ0) is 18.3. The number of fused-ring (bicyclic) bond motifs is 1. The average Bonchev–Trinajstić information content (AvgIpc) is 3.35. The molecule has 2 saturated heterocycles. The molecule has 0 aliphatic carbocycles. The summed E-state index contributed by atoms with van der Waals surface area (Å²) in [5.74, 6) is 1.98. The van der Waals surface area contributed by atoms with Crippen LogP contribution in [0.5, 0.6) is 5.75 Å². The number of hydrogen-bond donors (Lipinski definition) is 0. The van der Waals surface area contributed by atoms with Gasteiger partial charge >= 0.3 is 0 Å². The van der Waals surface area contributed by atoms with E-state index in [0.717, 1.165) is 31.9 Å². The molecule has 27 heavy (non-hydrogen) atoms. The van der Waals surface area contributed by atoms with Crippen molar-refractivity contribution in [2.45, 2.75) is 19.5 Å². The van der Waals surface area contributed by atoms with Crippen LogP contribution in [0.1, 0.15) is 28.9 Å². The van der Waals surface area contributed by atoms with Crippen LogP contribution in [0.25, 0.3) is 0 Å². The van der Waals surface area contributed by atoms with Crippen LogP contribution in [0.4, 0.5) is 0 Å². The highest BCUT2D eigenvalue weighted by molar-refractivity contribution is 5.94. The zero-order valence-electron chi connectivity index (χ0n) is 16.0. The molecule has 0 bridgehead atoms. The fourth-order valence-corrected chi connectivity index (χ4v) is 4.56. The molecule has 7 heteroatoms. The Morgan fingerprint density at radius 1 is 1.22 bits per heavy atom. The molecule has 1 aromatic heterocycles. The van der Waals surface area contributed by atoms with Gasteiger partial charge in [-0.25, -0.2) is 0 Å². The van der Waals surface area contributed by atoms with Gasteiger partial charge in [-0.2, -0.15) is 5.10 Å². The van der Waals surface area contributed by atoms with E-state index in [9.17, 15) is 4.79 Å².